The monoisotopic (exact) mass is 337 g/mol. The van der Waals surface area contributed by atoms with E-state index in [1.165, 1.54) is 0 Å². The number of carbonyl (C=O) groups is 2. The van der Waals surface area contributed by atoms with Gasteiger partial charge in [0.2, 0.25) is 5.91 Å². The lowest BCUT2D eigenvalue weighted by Crippen LogP contribution is -2.57. The Morgan fingerprint density at radius 1 is 1.09 bits per heavy atom. The molecule has 0 saturated carbocycles. The third-order valence-corrected chi connectivity index (χ3v) is 4.44. The first-order valence-corrected chi connectivity index (χ1v) is 8.18. The van der Waals surface area contributed by atoms with Crippen LogP contribution in [0, 0.1) is 0 Å². The average molecular weight is 338 g/mol. The number of benzene rings is 1. The summed E-state index contributed by atoms with van der Waals surface area (Å²) in [6, 6.07) is 6.62. The fourth-order valence-corrected chi connectivity index (χ4v) is 2.98. The number of hydrogen-bond acceptors (Lipinski definition) is 4. The van der Waals surface area contributed by atoms with Gasteiger partial charge in [-0.2, -0.15) is 0 Å². The highest BCUT2D eigenvalue weighted by molar-refractivity contribution is 6.30. The molecule has 0 radical (unpaired) electrons. The molecule has 2 heterocycles. The third kappa shape index (κ3) is 3.83. The number of nitrogens with zero attached hydrogens (tertiary/aromatic N) is 2. The van der Waals surface area contributed by atoms with Crippen LogP contribution < -0.4 is 5.32 Å². The van der Waals surface area contributed by atoms with Crippen molar-refractivity contribution in [2.75, 3.05) is 45.9 Å². The van der Waals surface area contributed by atoms with Crippen molar-refractivity contribution in [2.24, 2.45) is 0 Å². The predicted molar refractivity (Wildman–Crippen MR) is 86.5 cm³/mol. The Hall–Kier alpha value is -1.63. The predicted octanol–water partition coefficient (Wildman–Crippen LogP) is 0.613. The van der Waals surface area contributed by atoms with Crippen molar-refractivity contribution in [2.45, 2.75) is 6.04 Å². The van der Waals surface area contributed by atoms with Gasteiger partial charge in [-0.15, -0.1) is 0 Å². The van der Waals surface area contributed by atoms with Gasteiger partial charge in [0, 0.05) is 43.3 Å². The maximum Gasteiger partial charge on any atom is 0.253 e. The van der Waals surface area contributed by atoms with E-state index >= 15 is 0 Å². The Kier molecular flexibility index (Phi) is 5.15. The van der Waals surface area contributed by atoms with Gasteiger partial charge in [-0.05, 0) is 24.3 Å². The first-order chi connectivity index (χ1) is 11.1. The molecule has 0 spiro atoms. The summed E-state index contributed by atoms with van der Waals surface area (Å²) in [5, 5.41) is 3.78. The van der Waals surface area contributed by atoms with E-state index in [1.54, 1.807) is 34.1 Å². The highest BCUT2D eigenvalue weighted by Crippen LogP contribution is 2.13. The number of piperazine rings is 1. The number of amides is 2. The van der Waals surface area contributed by atoms with E-state index in [9.17, 15) is 9.59 Å². The van der Waals surface area contributed by atoms with Gasteiger partial charge in [-0.3, -0.25) is 9.59 Å². The normalized spacial score (nSPS) is 22.0. The number of morpholine rings is 1. The maximum atomic E-state index is 12.4. The molecule has 23 heavy (non-hydrogen) atoms. The Morgan fingerprint density at radius 3 is 2.35 bits per heavy atom. The minimum absolute atomic E-state index is 0.0205. The zero-order valence-corrected chi connectivity index (χ0v) is 13.6. The first kappa shape index (κ1) is 16.2. The molecule has 2 fully saturated rings. The topological polar surface area (TPSA) is 61.9 Å². The molecule has 0 aliphatic carbocycles. The minimum atomic E-state index is -0.262. The fraction of sp³-hybridized carbons (Fsp3) is 0.500. The second-order valence-corrected chi connectivity index (χ2v) is 6.14. The van der Waals surface area contributed by atoms with E-state index in [0.717, 1.165) is 0 Å². The van der Waals surface area contributed by atoms with Crippen molar-refractivity contribution in [1.29, 1.82) is 0 Å². The quantitative estimate of drug-likeness (QED) is 0.859. The number of halogens is 1. The molecule has 0 aromatic heterocycles. The second-order valence-electron chi connectivity index (χ2n) is 5.71. The highest BCUT2D eigenvalue weighted by atomic mass is 35.5. The largest absolute Gasteiger partial charge is 0.378 e. The summed E-state index contributed by atoms with van der Waals surface area (Å²) in [5.74, 6) is 0.0381. The summed E-state index contributed by atoms with van der Waals surface area (Å²) >= 11 is 5.84. The molecule has 7 heteroatoms. The Morgan fingerprint density at radius 2 is 1.74 bits per heavy atom. The summed E-state index contributed by atoms with van der Waals surface area (Å²) in [6.07, 6.45) is 0. The zero-order chi connectivity index (χ0) is 16.2. The molecular formula is C16H20ClN3O3. The molecule has 1 unspecified atom stereocenters. The highest BCUT2D eigenvalue weighted by Gasteiger charge is 2.30. The first-order valence-electron chi connectivity index (χ1n) is 7.80. The number of carbonyl (C=O) groups excluding carboxylic acids is 2. The van der Waals surface area contributed by atoms with Crippen LogP contribution in [0.3, 0.4) is 0 Å². The maximum absolute atomic E-state index is 12.4. The van der Waals surface area contributed by atoms with Crippen LogP contribution in [0.2, 0.25) is 5.02 Å². The molecule has 124 valence electrons. The SMILES string of the molecule is O=C(c1ccc(Cl)cc1)N1CCN(C(=O)C2COCCN2)CC1. The molecule has 2 saturated heterocycles. The molecule has 2 aliphatic heterocycles. The van der Waals surface area contributed by atoms with Crippen molar-refractivity contribution in [3.8, 4) is 0 Å². The lowest BCUT2D eigenvalue weighted by Gasteiger charge is -2.37. The van der Waals surface area contributed by atoms with Crippen molar-refractivity contribution in [3.63, 3.8) is 0 Å². The Bertz CT molecular complexity index is 564. The van der Waals surface area contributed by atoms with Crippen molar-refractivity contribution >= 4 is 23.4 Å². The molecule has 1 N–H and O–H groups in total. The van der Waals surface area contributed by atoms with Gasteiger partial charge in [0.15, 0.2) is 0 Å². The van der Waals surface area contributed by atoms with Crippen LogP contribution >= 0.6 is 11.6 Å². The van der Waals surface area contributed by atoms with E-state index in [-0.39, 0.29) is 17.9 Å². The molecule has 1 aromatic rings. The zero-order valence-electron chi connectivity index (χ0n) is 12.8. The van der Waals surface area contributed by atoms with Crippen LogP contribution in [-0.4, -0.2) is 73.6 Å². The second kappa shape index (κ2) is 7.29. The van der Waals surface area contributed by atoms with Crippen LogP contribution in [0.25, 0.3) is 0 Å². The van der Waals surface area contributed by atoms with E-state index < -0.39 is 0 Å². The van der Waals surface area contributed by atoms with Crippen LogP contribution in [0.4, 0.5) is 0 Å². The molecular weight excluding hydrogens is 318 g/mol. The molecule has 2 amide bonds. The van der Waals surface area contributed by atoms with Gasteiger partial charge in [-0.25, -0.2) is 0 Å². The summed E-state index contributed by atoms with van der Waals surface area (Å²) < 4.78 is 5.34. The molecule has 1 aromatic carbocycles. The van der Waals surface area contributed by atoms with Crippen LogP contribution in [0.5, 0.6) is 0 Å². The third-order valence-electron chi connectivity index (χ3n) is 4.19. The summed E-state index contributed by atoms with van der Waals surface area (Å²) in [4.78, 5) is 28.4. The van der Waals surface area contributed by atoms with Gasteiger partial charge in [0.1, 0.15) is 6.04 Å². The molecule has 2 aliphatic rings. The smallest absolute Gasteiger partial charge is 0.253 e. The Labute approximate surface area is 140 Å². The summed E-state index contributed by atoms with van der Waals surface area (Å²) in [5.41, 5.74) is 0.622. The molecule has 3 rings (SSSR count). The van der Waals surface area contributed by atoms with Gasteiger partial charge < -0.3 is 19.9 Å². The number of rotatable bonds is 2. The summed E-state index contributed by atoms with van der Waals surface area (Å²) in [7, 11) is 0. The number of ether oxygens (including phenoxy) is 1. The van der Waals surface area contributed by atoms with E-state index in [4.69, 9.17) is 16.3 Å². The Balaban J connectivity index is 1.54. The number of hydrogen-bond donors (Lipinski definition) is 1. The van der Waals surface area contributed by atoms with Crippen LogP contribution in [-0.2, 0) is 9.53 Å². The van der Waals surface area contributed by atoms with Crippen molar-refractivity contribution < 1.29 is 14.3 Å². The van der Waals surface area contributed by atoms with E-state index in [2.05, 4.69) is 5.32 Å². The van der Waals surface area contributed by atoms with Gasteiger partial charge in [0.05, 0.1) is 13.2 Å². The molecule has 0 bridgehead atoms. The van der Waals surface area contributed by atoms with Crippen LogP contribution in [0.1, 0.15) is 10.4 Å². The van der Waals surface area contributed by atoms with Crippen LogP contribution in [0.15, 0.2) is 24.3 Å². The van der Waals surface area contributed by atoms with E-state index in [0.29, 0.717) is 56.5 Å². The molecule has 1 atom stereocenters. The minimum Gasteiger partial charge on any atom is -0.378 e. The standard InChI is InChI=1S/C16H20ClN3O3/c17-13-3-1-12(2-4-13)15(21)19-6-8-20(9-7-19)16(22)14-11-23-10-5-18-14/h1-4,14,18H,5-11H2. The lowest BCUT2D eigenvalue weighted by atomic mass is 10.1. The van der Waals surface area contributed by atoms with Crippen molar-refractivity contribution in [1.82, 2.24) is 15.1 Å². The van der Waals surface area contributed by atoms with Gasteiger partial charge in [-0.1, -0.05) is 11.6 Å². The molecule has 6 nitrogen and oxygen atoms in total. The lowest BCUT2D eigenvalue weighted by molar-refractivity contribution is -0.137. The van der Waals surface area contributed by atoms with E-state index in [1.807, 2.05) is 0 Å². The van der Waals surface area contributed by atoms with Crippen molar-refractivity contribution in [3.05, 3.63) is 34.9 Å². The summed E-state index contributed by atoms with van der Waals surface area (Å²) in [6.45, 7) is 3.95. The van der Waals surface area contributed by atoms with Gasteiger partial charge >= 0.3 is 0 Å². The average Bonchev–Trinajstić information content (AvgIpc) is 2.62. The van der Waals surface area contributed by atoms with Gasteiger partial charge in [0.25, 0.3) is 5.91 Å². The number of nitrogens with one attached hydrogen (secondary N) is 1. The fourth-order valence-electron chi connectivity index (χ4n) is 2.85.